The number of esters is 1. The second-order valence-corrected chi connectivity index (χ2v) is 7.66. The number of nitrogens with two attached hydrogens (primary N) is 1. The van der Waals surface area contributed by atoms with Crippen molar-refractivity contribution >= 4 is 17.6 Å². The molecule has 0 aromatic heterocycles. The van der Waals surface area contributed by atoms with Crippen LogP contribution >= 0.6 is 0 Å². The first-order valence-corrected chi connectivity index (χ1v) is 10.1. The van der Waals surface area contributed by atoms with Gasteiger partial charge >= 0.3 is 5.97 Å². The first-order chi connectivity index (χ1) is 14.4. The number of ether oxygens (including phenoxy) is 3. The molecule has 0 bridgehead atoms. The van der Waals surface area contributed by atoms with E-state index in [4.69, 9.17) is 19.9 Å². The summed E-state index contributed by atoms with van der Waals surface area (Å²) in [5.74, 6) is 0.478. The highest BCUT2D eigenvalue weighted by molar-refractivity contribution is 5.96. The fourth-order valence-electron chi connectivity index (χ4n) is 3.29. The number of benzene rings is 2. The van der Waals surface area contributed by atoms with E-state index in [1.807, 2.05) is 32.0 Å². The number of hydrogen-bond acceptors (Lipinski definition) is 6. The van der Waals surface area contributed by atoms with Crippen molar-refractivity contribution in [2.45, 2.75) is 33.2 Å². The molecule has 7 heteroatoms. The Labute approximate surface area is 176 Å². The lowest BCUT2D eigenvalue weighted by Crippen LogP contribution is -2.35. The summed E-state index contributed by atoms with van der Waals surface area (Å²) in [4.78, 5) is 24.8. The molecule has 0 aliphatic carbocycles. The van der Waals surface area contributed by atoms with Gasteiger partial charge in [0.15, 0.2) is 18.1 Å². The first-order valence-electron chi connectivity index (χ1n) is 10.1. The van der Waals surface area contributed by atoms with Crippen molar-refractivity contribution in [1.82, 2.24) is 5.32 Å². The number of nitrogens with one attached hydrogen (secondary N) is 1. The van der Waals surface area contributed by atoms with Crippen LogP contribution in [-0.2, 0) is 9.53 Å². The Morgan fingerprint density at radius 3 is 2.60 bits per heavy atom. The highest BCUT2D eigenvalue weighted by atomic mass is 16.5. The predicted octanol–water partition coefficient (Wildman–Crippen LogP) is 3.41. The molecule has 3 rings (SSSR count). The third-order valence-electron chi connectivity index (χ3n) is 4.99. The quantitative estimate of drug-likeness (QED) is 0.557. The minimum Gasteiger partial charge on any atom is -0.490 e. The summed E-state index contributed by atoms with van der Waals surface area (Å²) in [5.41, 5.74) is 8.22. The highest BCUT2D eigenvalue weighted by Crippen LogP contribution is 2.34. The van der Waals surface area contributed by atoms with E-state index in [0.717, 1.165) is 17.5 Å². The molecule has 1 aliphatic rings. The predicted molar refractivity (Wildman–Crippen MR) is 114 cm³/mol. The van der Waals surface area contributed by atoms with Gasteiger partial charge in [0.25, 0.3) is 5.91 Å². The third-order valence-corrected chi connectivity index (χ3v) is 4.99. The average molecular weight is 412 g/mol. The van der Waals surface area contributed by atoms with E-state index in [9.17, 15) is 9.59 Å². The average Bonchev–Trinajstić information content (AvgIpc) is 2.96. The lowest BCUT2D eigenvalue weighted by atomic mass is 9.95. The van der Waals surface area contributed by atoms with Crippen LogP contribution in [-0.4, -0.2) is 31.7 Å². The zero-order valence-corrected chi connectivity index (χ0v) is 17.6. The maximum atomic E-state index is 12.5. The Balaban J connectivity index is 1.65. The van der Waals surface area contributed by atoms with Crippen molar-refractivity contribution in [3.8, 4) is 11.5 Å². The second kappa shape index (κ2) is 9.52. The number of amides is 1. The molecule has 1 atom stereocenters. The Hall–Kier alpha value is -3.22. The SMILES string of the molecule is Cc1cccc(C(=O)OCC(=O)N[C@@H](c2ccc3c(c2)OCCCO3)C(C)C)c1N. The van der Waals surface area contributed by atoms with Crippen LogP contribution < -0.4 is 20.5 Å². The van der Waals surface area contributed by atoms with Gasteiger partial charge in [-0.2, -0.15) is 0 Å². The van der Waals surface area contributed by atoms with E-state index >= 15 is 0 Å². The normalized spacial score (nSPS) is 14.0. The maximum Gasteiger partial charge on any atom is 0.340 e. The standard InChI is InChI=1S/C23H28N2O5/c1-14(2)22(16-8-9-18-19(12-16)29-11-5-10-28-18)25-20(26)13-30-23(27)17-7-4-6-15(3)21(17)24/h4,6-9,12,14,22H,5,10-11,13,24H2,1-3H3,(H,25,26)/t22-/m1/s1. The summed E-state index contributed by atoms with van der Waals surface area (Å²) >= 11 is 0. The molecule has 2 aromatic rings. The zero-order chi connectivity index (χ0) is 21.7. The fourth-order valence-corrected chi connectivity index (χ4v) is 3.29. The van der Waals surface area contributed by atoms with Crippen LogP contribution in [0, 0.1) is 12.8 Å². The molecular formula is C23H28N2O5. The van der Waals surface area contributed by atoms with Crippen LogP contribution in [0.5, 0.6) is 11.5 Å². The summed E-state index contributed by atoms with van der Waals surface area (Å²) in [6.07, 6.45) is 0.825. The van der Waals surface area contributed by atoms with E-state index in [1.165, 1.54) is 0 Å². The summed E-state index contributed by atoms with van der Waals surface area (Å²) < 4.78 is 16.6. The summed E-state index contributed by atoms with van der Waals surface area (Å²) in [6, 6.07) is 10.5. The van der Waals surface area contributed by atoms with Gasteiger partial charge in [0.05, 0.1) is 24.8 Å². The van der Waals surface area contributed by atoms with Crippen molar-refractivity contribution in [1.29, 1.82) is 0 Å². The summed E-state index contributed by atoms with van der Waals surface area (Å²) in [5, 5.41) is 2.94. The topological polar surface area (TPSA) is 99.9 Å². The van der Waals surface area contributed by atoms with Crippen LogP contribution in [0.2, 0.25) is 0 Å². The first kappa shape index (κ1) is 21.5. The molecule has 0 radical (unpaired) electrons. The smallest absolute Gasteiger partial charge is 0.340 e. The maximum absolute atomic E-state index is 12.5. The lowest BCUT2D eigenvalue weighted by molar-refractivity contribution is -0.125. The number of carbonyl (C=O) groups excluding carboxylic acids is 2. The van der Waals surface area contributed by atoms with E-state index in [1.54, 1.807) is 25.1 Å². The van der Waals surface area contributed by atoms with Gasteiger partial charge in [0, 0.05) is 12.1 Å². The minimum absolute atomic E-state index is 0.113. The molecule has 0 saturated carbocycles. The number of aryl methyl sites for hydroxylation is 1. The minimum atomic E-state index is -0.622. The van der Waals surface area contributed by atoms with E-state index in [2.05, 4.69) is 5.32 Å². The molecule has 1 aliphatic heterocycles. The molecule has 0 spiro atoms. The van der Waals surface area contributed by atoms with Crippen LogP contribution in [0.4, 0.5) is 5.69 Å². The number of carbonyl (C=O) groups is 2. The van der Waals surface area contributed by atoms with Gasteiger partial charge in [0.2, 0.25) is 0 Å². The lowest BCUT2D eigenvalue weighted by Gasteiger charge is -2.24. The second-order valence-electron chi connectivity index (χ2n) is 7.66. The van der Waals surface area contributed by atoms with E-state index in [-0.39, 0.29) is 30.0 Å². The van der Waals surface area contributed by atoms with Crippen molar-refractivity contribution in [2.75, 3.05) is 25.6 Å². The van der Waals surface area contributed by atoms with Gasteiger partial charge in [-0.05, 0) is 42.2 Å². The number of anilines is 1. The van der Waals surface area contributed by atoms with Crippen LogP contribution in [0.3, 0.4) is 0 Å². The van der Waals surface area contributed by atoms with Crippen LogP contribution in [0.1, 0.15) is 47.8 Å². The Kier molecular flexibility index (Phi) is 6.82. The molecule has 7 nitrogen and oxygen atoms in total. The number of fused-ring (bicyclic) bond motifs is 1. The van der Waals surface area contributed by atoms with E-state index in [0.29, 0.717) is 30.4 Å². The molecular weight excluding hydrogens is 384 g/mol. The number of nitrogen functional groups attached to an aromatic ring is 1. The molecule has 1 heterocycles. The molecule has 0 fully saturated rings. The van der Waals surface area contributed by atoms with Crippen molar-refractivity contribution in [2.24, 2.45) is 5.92 Å². The van der Waals surface area contributed by atoms with Crippen molar-refractivity contribution in [3.63, 3.8) is 0 Å². The van der Waals surface area contributed by atoms with Gasteiger partial charge < -0.3 is 25.3 Å². The highest BCUT2D eigenvalue weighted by Gasteiger charge is 2.22. The Bertz CT molecular complexity index is 926. The summed E-state index contributed by atoms with van der Waals surface area (Å²) in [6.45, 7) is 6.64. The third kappa shape index (κ3) is 5.03. The molecule has 1 amide bonds. The molecule has 160 valence electrons. The molecule has 30 heavy (non-hydrogen) atoms. The van der Waals surface area contributed by atoms with Crippen molar-refractivity contribution < 1.29 is 23.8 Å². The Morgan fingerprint density at radius 1 is 1.13 bits per heavy atom. The number of para-hydroxylation sites is 1. The zero-order valence-electron chi connectivity index (χ0n) is 17.6. The number of hydrogen-bond donors (Lipinski definition) is 2. The van der Waals surface area contributed by atoms with Crippen molar-refractivity contribution in [3.05, 3.63) is 53.1 Å². The van der Waals surface area contributed by atoms with Gasteiger partial charge in [-0.15, -0.1) is 0 Å². The summed E-state index contributed by atoms with van der Waals surface area (Å²) in [7, 11) is 0. The monoisotopic (exact) mass is 412 g/mol. The van der Waals surface area contributed by atoms with E-state index < -0.39 is 5.97 Å². The molecule has 0 unspecified atom stereocenters. The molecule has 0 saturated heterocycles. The number of rotatable bonds is 6. The fraction of sp³-hybridized carbons (Fsp3) is 0.391. The van der Waals surface area contributed by atoms with Gasteiger partial charge in [-0.3, -0.25) is 4.79 Å². The molecule has 3 N–H and O–H groups in total. The Morgan fingerprint density at radius 2 is 1.87 bits per heavy atom. The van der Waals surface area contributed by atoms with Crippen LogP contribution in [0.25, 0.3) is 0 Å². The van der Waals surface area contributed by atoms with Gasteiger partial charge in [0.1, 0.15) is 0 Å². The largest absolute Gasteiger partial charge is 0.490 e. The van der Waals surface area contributed by atoms with Crippen LogP contribution in [0.15, 0.2) is 36.4 Å². The van der Waals surface area contributed by atoms with Gasteiger partial charge in [-0.1, -0.05) is 32.0 Å². The molecule has 2 aromatic carbocycles. The van der Waals surface area contributed by atoms with Gasteiger partial charge in [-0.25, -0.2) is 4.79 Å².